The Balaban J connectivity index is 1.77. The van der Waals surface area contributed by atoms with Crippen molar-refractivity contribution in [3.8, 4) is 0 Å². The number of nitrogens with zero attached hydrogens (tertiary/aromatic N) is 1. The maximum atomic E-state index is 11.1. The highest BCUT2D eigenvalue weighted by Gasteiger charge is 2.40. The van der Waals surface area contributed by atoms with E-state index < -0.39 is 6.16 Å². The monoisotopic (exact) mass is 214 g/mol. The van der Waals surface area contributed by atoms with E-state index in [0.717, 1.165) is 19.5 Å². The van der Waals surface area contributed by atoms with E-state index in [4.69, 9.17) is 9.57 Å². The Hall–Kier alpha value is -0.810. The van der Waals surface area contributed by atoms with Gasteiger partial charge in [-0.25, -0.2) is 4.79 Å². The van der Waals surface area contributed by atoms with E-state index in [9.17, 15) is 4.79 Å². The number of ether oxygens (including phenoxy) is 1. The molecule has 0 aliphatic carbocycles. The van der Waals surface area contributed by atoms with Crippen LogP contribution in [0.4, 0.5) is 4.79 Å². The fourth-order valence-corrected chi connectivity index (χ4v) is 2.47. The topological polar surface area (TPSA) is 50.8 Å². The zero-order chi connectivity index (χ0) is 10.8. The highest BCUT2D eigenvalue weighted by molar-refractivity contribution is 5.59. The van der Waals surface area contributed by atoms with Crippen LogP contribution in [0.15, 0.2) is 0 Å². The zero-order valence-corrected chi connectivity index (χ0v) is 9.23. The van der Waals surface area contributed by atoms with E-state index >= 15 is 0 Å². The Morgan fingerprint density at radius 3 is 3.00 bits per heavy atom. The summed E-state index contributed by atoms with van der Waals surface area (Å²) in [7, 11) is 0. The van der Waals surface area contributed by atoms with Gasteiger partial charge in [-0.15, -0.1) is 5.06 Å². The van der Waals surface area contributed by atoms with Crippen LogP contribution in [0.3, 0.4) is 0 Å². The van der Waals surface area contributed by atoms with Gasteiger partial charge in [0, 0.05) is 18.6 Å². The number of carbonyl (C=O) groups is 1. The lowest BCUT2D eigenvalue weighted by Crippen LogP contribution is -2.34. The van der Waals surface area contributed by atoms with Crippen LogP contribution >= 0.6 is 0 Å². The largest absolute Gasteiger partial charge is 0.527 e. The lowest BCUT2D eigenvalue weighted by molar-refractivity contribution is -0.115. The molecule has 5 heteroatoms. The van der Waals surface area contributed by atoms with Crippen molar-refractivity contribution in [3.05, 3.63) is 0 Å². The predicted molar refractivity (Wildman–Crippen MR) is 54.2 cm³/mol. The molecule has 0 radical (unpaired) electrons. The molecule has 2 saturated heterocycles. The summed E-state index contributed by atoms with van der Waals surface area (Å²) >= 11 is 0. The molecule has 2 heterocycles. The molecule has 2 aliphatic heterocycles. The van der Waals surface area contributed by atoms with Crippen molar-refractivity contribution in [3.63, 3.8) is 0 Å². The zero-order valence-electron chi connectivity index (χ0n) is 9.23. The number of rotatable bonds is 2. The van der Waals surface area contributed by atoms with Crippen molar-refractivity contribution in [1.29, 1.82) is 0 Å². The molecular formula is C10H18N2O3. The molecule has 0 amide bonds. The van der Waals surface area contributed by atoms with Crippen LogP contribution in [-0.4, -0.2) is 43.0 Å². The molecule has 0 aromatic heterocycles. The molecule has 1 N–H and O–H groups in total. The van der Waals surface area contributed by atoms with Gasteiger partial charge in [0.25, 0.3) is 0 Å². The first-order chi connectivity index (χ1) is 7.19. The second-order valence-electron chi connectivity index (χ2n) is 4.29. The fourth-order valence-electron chi connectivity index (χ4n) is 2.47. The van der Waals surface area contributed by atoms with Crippen LogP contribution in [0.5, 0.6) is 0 Å². The van der Waals surface area contributed by atoms with E-state index in [1.807, 2.05) is 0 Å². The first-order valence-electron chi connectivity index (χ1n) is 5.54. The maximum Gasteiger partial charge on any atom is 0.527 e. The van der Waals surface area contributed by atoms with E-state index in [1.165, 1.54) is 0 Å². The molecular weight excluding hydrogens is 196 g/mol. The molecule has 2 rings (SSSR count). The van der Waals surface area contributed by atoms with Crippen LogP contribution in [0, 0.1) is 5.92 Å². The van der Waals surface area contributed by atoms with Gasteiger partial charge in [-0.2, -0.15) is 0 Å². The van der Waals surface area contributed by atoms with Crippen molar-refractivity contribution >= 4 is 6.16 Å². The van der Waals surface area contributed by atoms with Crippen molar-refractivity contribution in [2.24, 2.45) is 5.92 Å². The third-order valence-electron chi connectivity index (χ3n) is 3.03. The Bertz CT molecular complexity index is 233. The van der Waals surface area contributed by atoms with Crippen LogP contribution in [0.2, 0.25) is 0 Å². The molecule has 0 spiro atoms. The smallest absolute Gasteiger partial charge is 0.433 e. The van der Waals surface area contributed by atoms with Crippen molar-refractivity contribution in [2.75, 3.05) is 19.7 Å². The lowest BCUT2D eigenvalue weighted by atomic mass is 10.0. The molecule has 2 aliphatic rings. The first kappa shape index (κ1) is 10.7. The lowest BCUT2D eigenvalue weighted by Gasteiger charge is -2.16. The highest BCUT2D eigenvalue weighted by Crippen LogP contribution is 2.27. The minimum atomic E-state index is -0.592. The molecule has 0 bridgehead atoms. The molecule has 15 heavy (non-hydrogen) atoms. The van der Waals surface area contributed by atoms with Gasteiger partial charge < -0.3 is 14.9 Å². The number of hydrogen-bond acceptors (Lipinski definition) is 5. The molecule has 0 saturated carbocycles. The van der Waals surface area contributed by atoms with Gasteiger partial charge in [-0.1, -0.05) is 0 Å². The Morgan fingerprint density at radius 2 is 2.33 bits per heavy atom. The fraction of sp³-hybridized carbons (Fsp3) is 0.900. The summed E-state index contributed by atoms with van der Waals surface area (Å²) in [5.74, 6) is 0.606. The van der Waals surface area contributed by atoms with Gasteiger partial charge >= 0.3 is 6.16 Å². The van der Waals surface area contributed by atoms with Crippen molar-refractivity contribution < 1.29 is 14.4 Å². The molecule has 0 aromatic rings. The van der Waals surface area contributed by atoms with Crippen LogP contribution in [0.1, 0.15) is 20.3 Å². The summed E-state index contributed by atoms with van der Waals surface area (Å²) in [6.07, 6.45) is 0.568. The van der Waals surface area contributed by atoms with Crippen LogP contribution < -0.4 is 5.32 Å². The Labute approximate surface area is 89.7 Å². The van der Waals surface area contributed by atoms with Crippen LogP contribution in [0.25, 0.3) is 0 Å². The molecule has 0 aromatic carbocycles. The molecule has 3 unspecified atom stereocenters. The Morgan fingerprint density at radius 1 is 1.53 bits per heavy atom. The SMILES string of the molecule is CCOC(=O)ON1CC2CC(C)NC2C1. The quantitative estimate of drug-likeness (QED) is 0.688. The third-order valence-corrected chi connectivity index (χ3v) is 3.03. The standard InChI is InChI=1S/C10H18N2O3/c1-3-14-10(13)15-12-5-8-4-7(2)11-9(8)6-12/h7-9,11H,3-6H2,1-2H3. The molecule has 86 valence electrons. The summed E-state index contributed by atoms with van der Waals surface area (Å²) in [5, 5.41) is 5.18. The Kier molecular flexibility index (Phi) is 3.11. The molecule has 5 nitrogen and oxygen atoms in total. The first-order valence-corrected chi connectivity index (χ1v) is 5.54. The van der Waals surface area contributed by atoms with Crippen molar-refractivity contribution in [2.45, 2.75) is 32.4 Å². The third kappa shape index (κ3) is 2.41. The summed E-state index contributed by atoms with van der Waals surface area (Å²) in [5.41, 5.74) is 0. The number of hydroxylamine groups is 2. The minimum Gasteiger partial charge on any atom is -0.433 e. The van der Waals surface area contributed by atoms with Gasteiger partial charge in [0.1, 0.15) is 0 Å². The summed E-state index contributed by atoms with van der Waals surface area (Å²) in [4.78, 5) is 16.1. The van der Waals surface area contributed by atoms with Gasteiger partial charge in [-0.05, 0) is 26.2 Å². The second-order valence-corrected chi connectivity index (χ2v) is 4.29. The van der Waals surface area contributed by atoms with Crippen molar-refractivity contribution in [1.82, 2.24) is 10.4 Å². The van der Waals surface area contributed by atoms with Gasteiger partial charge in [0.2, 0.25) is 0 Å². The number of carbonyl (C=O) groups excluding carboxylic acids is 1. The normalized spacial score (nSPS) is 35.2. The summed E-state index contributed by atoms with van der Waals surface area (Å²) in [6, 6.07) is 1.05. The molecule has 2 fully saturated rings. The van der Waals surface area contributed by atoms with Gasteiger partial charge in [-0.3, -0.25) is 0 Å². The number of fused-ring (bicyclic) bond motifs is 1. The van der Waals surface area contributed by atoms with E-state index in [2.05, 4.69) is 12.2 Å². The number of hydrogen-bond donors (Lipinski definition) is 1. The van der Waals surface area contributed by atoms with E-state index in [1.54, 1.807) is 12.0 Å². The van der Waals surface area contributed by atoms with E-state index in [-0.39, 0.29) is 0 Å². The highest BCUT2D eigenvalue weighted by atomic mass is 16.8. The predicted octanol–water partition coefficient (Wildman–Crippen LogP) is 0.757. The second kappa shape index (κ2) is 4.37. The average molecular weight is 214 g/mol. The van der Waals surface area contributed by atoms with Crippen LogP contribution in [-0.2, 0) is 9.57 Å². The average Bonchev–Trinajstić information content (AvgIpc) is 2.60. The summed E-state index contributed by atoms with van der Waals surface area (Å²) < 4.78 is 4.72. The van der Waals surface area contributed by atoms with Gasteiger partial charge in [0.05, 0.1) is 13.2 Å². The number of nitrogens with one attached hydrogen (secondary N) is 1. The molecule has 3 atom stereocenters. The van der Waals surface area contributed by atoms with Gasteiger partial charge in [0.15, 0.2) is 0 Å². The maximum absolute atomic E-state index is 11.1. The summed E-state index contributed by atoms with van der Waals surface area (Å²) in [6.45, 7) is 5.90. The van der Waals surface area contributed by atoms with E-state index in [0.29, 0.717) is 24.6 Å². The minimum absolute atomic E-state index is 0.356.